The average molecular weight is 213 g/mol. The van der Waals surface area contributed by atoms with Crippen molar-refractivity contribution in [2.24, 2.45) is 5.92 Å². The first-order valence-corrected chi connectivity index (χ1v) is 6.60. The molecule has 0 bridgehead atoms. The Balaban J connectivity index is 1.92. The highest BCUT2D eigenvalue weighted by Gasteiger charge is 2.29. The minimum absolute atomic E-state index is 0.817. The Labute approximate surface area is 94.8 Å². The van der Waals surface area contributed by atoms with Crippen LogP contribution in [0.15, 0.2) is 0 Å². The van der Waals surface area contributed by atoms with Crippen molar-refractivity contribution in [3.63, 3.8) is 0 Å². The van der Waals surface area contributed by atoms with Gasteiger partial charge in [0.2, 0.25) is 0 Å². The van der Waals surface area contributed by atoms with Gasteiger partial charge in [-0.1, -0.05) is 13.3 Å². The van der Waals surface area contributed by atoms with Crippen LogP contribution in [0.4, 0.5) is 0 Å². The second-order valence-corrected chi connectivity index (χ2v) is 4.74. The van der Waals surface area contributed by atoms with E-state index in [1.54, 1.807) is 7.11 Å². The van der Waals surface area contributed by atoms with E-state index in [4.69, 9.17) is 4.74 Å². The summed E-state index contributed by atoms with van der Waals surface area (Å²) in [5.74, 6) is 1.00. The van der Waals surface area contributed by atoms with Crippen LogP contribution in [0.5, 0.6) is 0 Å². The summed E-state index contributed by atoms with van der Waals surface area (Å²) in [4.78, 5) is 0. The molecule has 1 aliphatic rings. The Kier molecular flexibility index (Phi) is 7.03. The first kappa shape index (κ1) is 13.0. The molecule has 1 atom stereocenters. The molecule has 15 heavy (non-hydrogen) atoms. The van der Waals surface area contributed by atoms with Gasteiger partial charge in [0.15, 0.2) is 0 Å². The van der Waals surface area contributed by atoms with Crippen LogP contribution in [0, 0.1) is 5.92 Å². The zero-order chi connectivity index (χ0) is 10.9. The van der Waals surface area contributed by atoms with Gasteiger partial charge in [-0.05, 0) is 51.0 Å². The lowest BCUT2D eigenvalue weighted by molar-refractivity contribution is 0.192. The Morgan fingerprint density at radius 3 is 2.67 bits per heavy atom. The maximum Gasteiger partial charge on any atom is 0.0462 e. The molecule has 0 amide bonds. The molecule has 2 nitrogen and oxygen atoms in total. The predicted molar refractivity (Wildman–Crippen MR) is 65.1 cm³/mol. The molecule has 0 aromatic carbocycles. The van der Waals surface area contributed by atoms with Crippen molar-refractivity contribution in [3.05, 3.63) is 0 Å². The van der Waals surface area contributed by atoms with Crippen molar-refractivity contribution in [3.8, 4) is 0 Å². The molecule has 1 fully saturated rings. The van der Waals surface area contributed by atoms with Crippen LogP contribution >= 0.6 is 0 Å². The lowest BCUT2D eigenvalue weighted by atomic mass is 10.1. The van der Waals surface area contributed by atoms with Crippen molar-refractivity contribution >= 4 is 0 Å². The second-order valence-electron chi connectivity index (χ2n) is 4.74. The van der Waals surface area contributed by atoms with E-state index in [9.17, 15) is 0 Å². The minimum Gasteiger partial charge on any atom is -0.385 e. The number of hydrogen-bond donors (Lipinski definition) is 1. The van der Waals surface area contributed by atoms with Crippen LogP contribution in [0.25, 0.3) is 0 Å². The summed E-state index contributed by atoms with van der Waals surface area (Å²) in [7, 11) is 1.78. The molecule has 1 rings (SSSR count). The summed E-state index contributed by atoms with van der Waals surface area (Å²) in [6, 6.07) is 0.817. The maximum absolute atomic E-state index is 5.04. The number of rotatable bonds is 10. The van der Waals surface area contributed by atoms with E-state index in [0.29, 0.717) is 0 Å². The van der Waals surface area contributed by atoms with Crippen molar-refractivity contribution < 1.29 is 4.74 Å². The van der Waals surface area contributed by atoms with Crippen molar-refractivity contribution in [2.75, 3.05) is 20.3 Å². The number of unbranched alkanes of at least 4 members (excludes halogenated alkanes) is 2. The SMILES string of the molecule is CCCC(NCCCCCOC)C1CC1. The van der Waals surface area contributed by atoms with E-state index in [2.05, 4.69) is 12.2 Å². The van der Waals surface area contributed by atoms with Gasteiger partial charge in [0, 0.05) is 19.8 Å². The van der Waals surface area contributed by atoms with Crippen LogP contribution < -0.4 is 5.32 Å². The lowest BCUT2D eigenvalue weighted by Gasteiger charge is -2.17. The van der Waals surface area contributed by atoms with Gasteiger partial charge in [-0.3, -0.25) is 0 Å². The molecular weight excluding hydrogens is 186 g/mol. The van der Waals surface area contributed by atoms with Crippen LogP contribution in [-0.2, 0) is 4.74 Å². The van der Waals surface area contributed by atoms with Gasteiger partial charge in [-0.15, -0.1) is 0 Å². The molecule has 1 saturated carbocycles. The highest BCUT2D eigenvalue weighted by atomic mass is 16.5. The summed E-state index contributed by atoms with van der Waals surface area (Å²) in [5.41, 5.74) is 0. The van der Waals surface area contributed by atoms with Gasteiger partial charge in [0.05, 0.1) is 0 Å². The van der Waals surface area contributed by atoms with Crippen molar-refractivity contribution in [2.45, 2.75) is 57.9 Å². The van der Waals surface area contributed by atoms with Crippen LogP contribution in [0.3, 0.4) is 0 Å². The fourth-order valence-electron chi connectivity index (χ4n) is 2.15. The normalized spacial score (nSPS) is 18.0. The fraction of sp³-hybridized carbons (Fsp3) is 1.00. The fourth-order valence-corrected chi connectivity index (χ4v) is 2.15. The van der Waals surface area contributed by atoms with Gasteiger partial charge in [0.25, 0.3) is 0 Å². The standard InChI is InChI=1S/C13H27NO/c1-3-7-13(12-8-9-12)14-10-5-4-6-11-15-2/h12-14H,3-11H2,1-2H3. The molecule has 1 unspecified atom stereocenters. The van der Waals surface area contributed by atoms with E-state index in [1.165, 1.54) is 51.5 Å². The quantitative estimate of drug-likeness (QED) is 0.563. The molecule has 1 aliphatic carbocycles. The Morgan fingerprint density at radius 1 is 1.27 bits per heavy atom. The van der Waals surface area contributed by atoms with Gasteiger partial charge in [-0.2, -0.15) is 0 Å². The van der Waals surface area contributed by atoms with Crippen molar-refractivity contribution in [1.82, 2.24) is 5.32 Å². The lowest BCUT2D eigenvalue weighted by Crippen LogP contribution is -2.31. The molecule has 0 radical (unpaired) electrons. The minimum atomic E-state index is 0.817. The molecule has 0 aromatic rings. The third kappa shape index (κ3) is 6.16. The molecule has 0 saturated heterocycles. The van der Waals surface area contributed by atoms with Crippen LogP contribution in [-0.4, -0.2) is 26.3 Å². The van der Waals surface area contributed by atoms with E-state index < -0.39 is 0 Å². The third-order valence-electron chi connectivity index (χ3n) is 3.22. The summed E-state index contributed by atoms with van der Waals surface area (Å²) in [6.07, 6.45) is 9.41. The molecule has 0 heterocycles. The average Bonchev–Trinajstić information content (AvgIpc) is 3.05. The molecule has 0 aromatic heterocycles. The van der Waals surface area contributed by atoms with Gasteiger partial charge in [0.1, 0.15) is 0 Å². The first-order valence-electron chi connectivity index (χ1n) is 6.60. The Morgan fingerprint density at radius 2 is 2.07 bits per heavy atom. The maximum atomic E-state index is 5.04. The largest absolute Gasteiger partial charge is 0.385 e. The Hall–Kier alpha value is -0.0800. The topological polar surface area (TPSA) is 21.3 Å². The predicted octanol–water partition coefficient (Wildman–Crippen LogP) is 2.97. The summed E-state index contributed by atoms with van der Waals surface area (Å²) in [5, 5.41) is 3.72. The van der Waals surface area contributed by atoms with E-state index in [-0.39, 0.29) is 0 Å². The molecule has 2 heteroatoms. The molecular formula is C13H27NO. The van der Waals surface area contributed by atoms with E-state index >= 15 is 0 Å². The van der Waals surface area contributed by atoms with E-state index in [1.807, 2.05) is 0 Å². The Bertz CT molecular complexity index is 145. The zero-order valence-corrected chi connectivity index (χ0v) is 10.4. The van der Waals surface area contributed by atoms with Gasteiger partial charge < -0.3 is 10.1 Å². The van der Waals surface area contributed by atoms with Gasteiger partial charge >= 0.3 is 0 Å². The first-order chi connectivity index (χ1) is 7.38. The van der Waals surface area contributed by atoms with Crippen LogP contribution in [0.2, 0.25) is 0 Å². The smallest absolute Gasteiger partial charge is 0.0462 e. The number of ether oxygens (including phenoxy) is 1. The van der Waals surface area contributed by atoms with Crippen molar-refractivity contribution in [1.29, 1.82) is 0 Å². The number of methoxy groups -OCH3 is 1. The summed E-state index contributed by atoms with van der Waals surface area (Å²) >= 11 is 0. The third-order valence-corrected chi connectivity index (χ3v) is 3.22. The second kappa shape index (κ2) is 8.12. The van der Waals surface area contributed by atoms with E-state index in [0.717, 1.165) is 18.6 Å². The summed E-state index contributed by atoms with van der Waals surface area (Å²) < 4.78 is 5.04. The van der Waals surface area contributed by atoms with Crippen LogP contribution in [0.1, 0.15) is 51.9 Å². The molecule has 90 valence electrons. The van der Waals surface area contributed by atoms with Gasteiger partial charge in [-0.25, -0.2) is 0 Å². The highest BCUT2D eigenvalue weighted by molar-refractivity contribution is 4.85. The zero-order valence-electron chi connectivity index (χ0n) is 10.4. The number of nitrogens with one attached hydrogen (secondary N) is 1. The monoisotopic (exact) mass is 213 g/mol. The number of hydrogen-bond acceptors (Lipinski definition) is 2. The molecule has 0 aliphatic heterocycles. The highest BCUT2D eigenvalue weighted by Crippen LogP contribution is 2.34. The summed E-state index contributed by atoms with van der Waals surface area (Å²) in [6.45, 7) is 4.40. The molecule has 0 spiro atoms. The molecule has 1 N–H and O–H groups in total.